The maximum absolute atomic E-state index is 13.4. The van der Waals surface area contributed by atoms with Crippen LogP contribution in [0.4, 0.5) is 0 Å². The Hall–Kier alpha value is -3.62. The second-order valence-corrected chi connectivity index (χ2v) is 11.5. The Kier molecular flexibility index (Phi) is 8.23. The number of sulfone groups is 1. The Labute approximate surface area is 226 Å². The summed E-state index contributed by atoms with van der Waals surface area (Å²) < 4.78 is 37.4. The van der Waals surface area contributed by atoms with Gasteiger partial charge in [0, 0.05) is 21.7 Å². The van der Waals surface area contributed by atoms with Crippen molar-refractivity contribution in [2.24, 2.45) is 0 Å². The highest BCUT2D eigenvalue weighted by Gasteiger charge is 2.23. The molecule has 0 unspecified atom stereocenters. The molecular weight excluding hydrogens is 526 g/mol. The van der Waals surface area contributed by atoms with Crippen LogP contribution in [0.15, 0.2) is 71.6 Å². The highest BCUT2D eigenvalue weighted by molar-refractivity contribution is 7.91. The van der Waals surface area contributed by atoms with Gasteiger partial charge in [0.25, 0.3) is 5.91 Å². The molecule has 4 rings (SSSR count). The largest absolute Gasteiger partial charge is 0.497 e. The van der Waals surface area contributed by atoms with Crippen molar-refractivity contribution in [3.63, 3.8) is 0 Å². The molecule has 0 radical (unpaired) electrons. The molecule has 0 fully saturated rings. The summed E-state index contributed by atoms with van der Waals surface area (Å²) in [5, 5.41) is 1.22. The quantitative estimate of drug-likeness (QED) is 0.199. The minimum absolute atomic E-state index is 0.0331. The Morgan fingerprint density at radius 1 is 0.947 bits per heavy atom. The van der Waals surface area contributed by atoms with Crippen LogP contribution in [0.2, 0.25) is 5.02 Å². The summed E-state index contributed by atoms with van der Waals surface area (Å²) in [6.45, 7) is 3.63. The minimum atomic E-state index is -3.47. The van der Waals surface area contributed by atoms with E-state index in [1.165, 1.54) is 0 Å². The zero-order chi connectivity index (χ0) is 27.4. The van der Waals surface area contributed by atoms with Crippen LogP contribution in [0.25, 0.3) is 10.9 Å². The van der Waals surface area contributed by atoms with Crippen LogP contribution in [0.3, 0.4) is 0 Å². The molecule has 1 aromatic heterocycles. The number of hydrogen-bond acceptors (Lipinski definition) is 6. The summed E-state index contributed by atoms with van der Waals surface area (Å²) in [5.41, 5.74) is 3.30. The van der Waals surface area contributed by atoms with Gasteiger partial charge in [0.15, 0.2) is 9.84 Å². The van der Waals surface area contributed by atoms with Gasteiger partial charge < -0.3 is 9.47 Å². The maximum atomic E-state index is 13.4. The minimum Gasteiger partial charge on any atom is -0.497 e. The van der Waals surface area contributed by atoms with Crippen molar-refractivity contribution in [1.29, 1.82) is 0 Å². The number of carbonyl (C=O) groups is 2. The molecule has 0 spiro atoms. The number of esters is 1. The molecule has 0 aliphatic rings. The molecule has 0 saturated carbocycles. The molecule has 198 valence electrons. The first-order valence-electron chi connectivity index (χ1n) is 12.0. The lowest BCUT2D eigenvalue weighted by atomic mass is 10.1. The molecule has 0 aliphatic carbocycles. The first-order valence-corrected chi connectivity index (χ1v) is 14.1. The summed E-state index contributed by atoms with van der Waals surface area (Å²) >= 11 is 5.98. The average Bonchev–Trinajstić information content (AvgIpc) is 3.17. The number of benzene rings is 3. The third kappa shape index (κ3) is 5.92. The van der Waals surface area contributed by atoms with Crippen molar-refractivity contribution in [2.45, 2.75) is 31.6 Å². The van der Waals surface area contributed by atoms with E-state index in [-0.39, 0.29) is 36.0 Å². The lowest BCUT2D eigenvalue weighted by Gasteiger charge is -2.09. The van der Waals surface area contributed by atoms with Crippen LogP contribution in [0, 0.1) is 13.8 Å². The third-order valence-electron chi connectivity index (χ3n) is 6.36. The number of hydrogen-bond donors (Lipinski definition) is 0. The van der Waals surface area contributed by atoms with E-state index in [0.717, 1.165) is 5.56 Å². The van der Waals surface area contributed by atoms with Crippen LogP contribution >= 0.6 is 11.6 Å². The summed E-state index contributed by atoms with van der Waals surface area (Å²) in [6.07, 6.45) is 0.0900. The van der Waals surface area contributed by atoms with Gasteiger partial charge in [-0.1, -0.05) is 29.3 Å². The van der Waals surface area contributed by atoms with Crippen molar-refractivity contribution in [3.05, 3.63) is 94.1 Å². The number of aryl methyl sites for hydroxylation is 1. The number of nitrogens with zero attached hydrogens (tertiary/aromatic N) is 1. The SMILES string of the molecule is COc1ccc2c(c1)c(CC(=O)OCCCS(=O)(=O)c1ccc(C)cc1)c(C)n2C(=O)c1ccc(Cl)cc1. The molecule has 3 aromatic carbocycles. The predicted molar refractivity (Wildman–Crippen MR) is 147 cm³/mol. The van der Waals surface area contributed by atoms with Crippen LogP contribution in [0.1, 0.15) is 33.6 Å². The number of ether oxygens (including phenoxy) is 2. The Balaban J connectivity index is 1.50. The van der Waals surface area contributed by atoms with Crippen LogP contribution in [-0.2, 0) is 25.8 Å². The number of aromatic nitrogens is 1. The van der Waals surface area contributed by atoms with Gasteiger partial charge in [-0.15, -0.1) is 0 Å². The molecule has 7 nitrogen and oxygen atoms in total. The highest BCUT2D eigenvalue weighted by Crippen LogP contribution is 2.31. The van der Waals surface area contributed by atoms with Gasteiger partial charge in [-0.3, -0.25) is 14.2 Å². The lowest BCUT2D eigenvalue weighted by molar-refractivity contribution is -0.142. The van der Waals surface area contributed by atoms with Crippen molar-refractivity contribution in [1.82, 2.24) is 4.57 Å². The van der Waals surface area contributed by atoms with E-state index < -0.39 is 15.8 Å². The lowest BCUT2D eigenvalue weighted by Crippen LogP contribution is -2.15. The molecular formula is C29H28ClNO6S. The van der Waals surface area contributed by atoms with Crippen molar-refractivity contribution in [3.8, 4) is 5.75 Å². The molecule has 0 bridgehead atoms. The molecule has 0 aliphatic heterocycles. The first-order chi connectivity index (χ1) is 18.1. The summed E-state index contributed by atoms with van der Waals surface area (Å²) in [6, 6.07) is 18.6. The van der Waals surface area contributed by atoms with E-state index in [1.54, 1.807) is 85.3 Å². The topological polar surface area (TPSA) is 91.7 Å². The van der Waals surface area contributed by atoms with Crippen LogP contribution in [0.5, 0.6) is 5.75 Å². The fourth-order valence-corrected chi connectivity index (χ4v) is 5.70. The maximum Gasteiger partial charge on any atom is 0.310 e. The zero-order valence-corrected chi connectivity index (χ0v) is 22.9. The standard InChI is InChI=1S/C29H28ClNO6S/c1-19-5-12-24(13-6-19)38(34,35)16-4-15-37-28(32)18-25-20(2)31(27-14-11-23(36-3)17-26(25)27)29(33)21-7-9-22(30)10-8-21/h5-14,17H,4,15-16,18H2,1-3H3. The first kappa shape index (κ1) is 27.4. The third-order valence-corrected chi connectivity index (χ3v) is 8.43. The number of methoxy groups -OCH3 is 1. The molecule has 0 atom stereocenters. The normalized spacial score (nSPS) is 11.5. The number of halogens is 1. The Bertz CT molecular complexity index is 1590. The van der Waals surface area contributed by atoms with E-state index in [1.807, 2.05) is 6.92 Å². The summed E-state index contributed by atoms with van der Waals surface area (Å²) in [4.78, 5) is 26.4. The second kappa shape index (κ2) is 11.4. The van der Waals surface area contributed by atoms with Gasteiger partial charge in [-0.2, -0.15) is 0 Å². The van der Waals surface area contributed by atoms with Gasteiger partial charge in [0.1, 0.15) is 5.75 Å². The second-order valence-electron chi connectivity index (χ2n) is 8.98. The van der Waals surface area contributed by atoms with E-state index in [0.29, 0.717) is 38.5 Å². The molecule has 0 saturated heterocycles. The van der Waals surface area contributed by atoms with Gasteiger partial charge >= 0.3 is 5.97 Å². The monoisotopic (exact) mass is 553 g/mol. The van der Waals surface area contributed by atoms with Crippen molar-refractivity contribution < 1.29 is 27.5 Å². The van der Waals surface area contributed by atoms with Crippen LogP contribution < -0.4 is 4.74 Å². The fraction of sp³-hybridized carbons (Fsp3) is 0.241. The molecule has 0 amide bonds. The Morgan fingerprint density at radius 3 is 2.29 bits per heavy atom. The summed E-state index contributed by atoms with van der Waals surface area (Å²) in [7, 11) is -1.92. The van der Waals surface area contributed by atoms with E-state index in [2.05, 4.69) is 0 Å². The Morgan fingerprint density at radius 2 is 1.63 bits per heavy atom. The average molecular weight is 554 g/mol. The molecule has 0 N–H and O–H groups in total. The van der Waals surface area contributed by atoms with E-state index >= 15 is 0 Å². The predicted octanol–water partition coefficient (Wildman–Crippen LogP) is 5.56. The number of rotatable bonds is 9. The highest BCUT2D eigenvalue weighted by atomic mass is 35.5. The fourth-order valence-electron chi connectivity index (χ4n) is 4.29. The van der Waals surface area contributed by atoms with Crippen molar-refractivity contribution in [2.75, 3.05) is 19.5 Å². The number of carbonyl (C=O) groups excluding carboxylic acids is 2. The number of fused-ring (bicyclic) bond motifs is 1. The van der Waals surface area contributed by atoms with Crippen LogP contribution in [-0.4, -0.2) is 44.3 Å². The molecule has 4 aromatic rings. The van der Waals surface area contributed by atoms with E-state index in [4.69, 9.17) is 21.1 Å². The summed E-state index contributed by atoms with van der Waals surface area (Å²) in [5.74, 6) is -0.310. The smallest absolute Gasteiger partial charge is 0.310 e. The van der Waals surface area contributed by atoms with Gasteiger partial charge in [0.2, 0.25) is 0 Å². The van der Waals surface area contributed by atoms with Gasteiger partial charge in [-0.25, -0.2) is 8.42 Å². The van der Waals surface area contributed by atoms with Gasteiger partial charge in [-0.05, 0) is 80.4 Å². The van der Waals surface area contributed by atoms with Gasteiger partial charge in [0.05, 0.1) is 36.3 Å². The van der Waals surface area contributed by atoms with E-state index in [9.17, 15) is 18.0 Å². The molecule has 1 heterocycles. The zero-order valence-electron chi connectivity index (χ0n) is 21.4. The van der Waals surface area contributed by atoms with Crippen molar-refractivity contribution >= 4 is 44.2 Å². The molecule has 9 heteroatoms. The molecule has 38 heavy (non-hydrogen) atoms.